The fraction of sp³-hybridized carbons (Fsp3) is 0.235. The first-order chi connectivity index (χ1) is 13.2. The van der Waals surface area contributed by atoms with E-state index in [4.69, 9.17) is 5.14 Å². The van der Waals surface area contributed by atoms with E-state index in [1.54, 1.807) is 12.1 Å². The Kier molecular flexibility index (Phi) is 6.54. The number of hydrogen-bond donors (Lipinski definition) is 3. The molecule has 0 fully saturated rings. The van der Waals surface area contributed by atoms with Gasteiger partial charge < -0.3 is 10.0 Å². The zero-order valence-corrected chi connectivity index (χ0v) is 16.2. The fourth-order valence-electron chi connectivity index (χ4n) is 2.53. The number of primary sulfonamides is 1. The molecule has 0 unspecified atom stereocenters. The van der Waals surface area contributed by atoms with Gasteiger partial charge in [0.15, 0.2) is 0 Å². The Balaban J connectivity index is 2.24. The normalized spacial score (nSPS) is 11.5. The van der Waals surface area contributed by atoms with Crippen LogP contribution < -0.4 is 15.5 Å². The maximum atomic E-state index is 11.3. The topological polar surface area (TPSA) is 151 Å². The predicted octanol–water partition coefficient (Wildman–Crippen LogP) is 2.24. The molecule has 0 spiro atoms. The summed E-state index contributed by atoms with van der Waals surface area (Å²) >= 11 is 0. The lowest BCUT2D eigenvalue weighted by molar-refractivity contribution is -0.384. The van der Waals surface area contributed by atoms with E-state index in [0.717, 1.165) is 30.9 Å². The molecule has 0 aliphatic carbocycles. The number of aromatic hydroxyl groups is 1. The van der Waals surface area contributed by atoms with Crippen LogP contribution in [0.25, 0.3) is 0 Å². The van der Waals surface area contributed by atoms with Crippen molar-refractivity contribution < 1.29 is 18.4 Å². The number of sulfonamides is 1. The van der Waals surface area contributed by atoms with Crippen molar-refractivity contribution >= 4 is 33.3 Å². The fourth-order valence-corrected chi connectivity index (χ4v) is 3.07. The Morgan fingerprint density at radius 2 is 1.93 bits per heavy atom. The van der Waals surface area contributed by atoms with Gasteiger partial charge in [-0.25, -0.2) is 13.6 Å². The van der Waals surface area contributed by atoms with Gasteiger partial charge in [0.2, 0.25) is 10.0 Å². The average molecular weight is 407 g/mol. The largest absolute Gasteiger partial charge is 0.507 e. The van der Waals surface area contributed by atoms with Gasteiger partial charge >= 0.3 is 0 Å². The molecule has 0 aliphatic rings. The van der Waals surface area contributed by atoms with Crippen LogP contribution in [0.2, 0.25) is 0 Å². The molecule has 2 aromatic carbocycles. The molecule has 11 heteroatoms. The first-order valence-electron chi connectivity index (χ1n) is 8.35. The molecule has 0 aromatic heterocycles. The van der Waals surface area contributed by atoms with Gasteiger partial charge in [0, 0.05) is 36.5 Å². The van der Waals surface area contributed by atoms with Crippen LogP contribution in [0.4, 0.5) is 17.1 Å². The summed E-state index contributed by atoms with van der Waals surface area (Å²) in [5, 5.41) is 30.2. The van der Waals surface area contributed by atoms with Crippen LogP contribution in [0.1, 0.15) is 19.4 Å². The number of nitro groups is 1. The Labute approximate surface area is 162 Å². The quantitative estimate of drug-likeness (QED) is 0.345. The number of hydrazone groups is 1. The van der Waals surface area contributed by atoms with Crippen molar-refractivity contribution in [3.8, 4) is 5.75 Å². The summed E-state index contributed by atoms with van der Waals surface area (Å²) in [7, 11) is -4.07. The maximum absolute atomic E-state index is 11.3. The Morgan fingerprint density at radius 1 is 1.25 bits per heavy atom. The summed E-state index contributed by atoms with van der Waals surface area (Å²) in [6, 6.07) is 8.29. The van der Waals surface area contributed by atoms with Gasteiger partial charge in [-0.15, -0.1) is 0 Å². The number of phenols is 1. The van der Waals surface area contributed by atoms with Crippen LogP contribution in [0.5, 0.6) is 5.75 Å². The van der Waals surface area contributed by atoms with E-state index < -0.39 is 20.6 Å². The highest BCUT2D eigenvalue weighted by atomic mass is 32.2. The summed E-state index contributed by atoms with van der Waals surface area (Å²) in [6.45, 7) is 5.61. The van der Waals surface area contributed by atoms with Crippen molar-refractivity contribution in [2.45, 2.75) is 18.7 Å². The number of anilines is 2. The highest BCUT2D eigenvalue weighted by Gasteiger charge is 2.18. The van der Waals surface area contributed by atoms with Crippen molar-refractivity contribution in [3.05, 3.63) is 52.1 Å². The molecule has 10 nitrogen and oxygen atoms in total. The molecule has 0 bridgehead atoms. The van der Waals surface area contributed by atoms with E-state index in [1.165, 1.54) is 12.3 Å². The lowest BCUT2D eigenvalue weighted by Gasteiger charge is -2.21. The van der Waals surface area contributed by atoms with Crippen LogP contribution >= 0.6 is 0 Å². The smallest absolute Gasteiger partial charge is 0.295 e. The number of nitro benzene ring substituents is 1. The van der Waals surface area contributed by atoms with Crippen molar-refractivity contribution in [2.75, 3.05) is 23.4 Å². The van der Waals surface area contributed by atoms with Crippen LogP contribution in [0.15, 0.2) is 46.4 Å². The number of hydrogen-bond acceptors (Lipinski definition) is 8. The number of nitrogens with one attached hydrogen (secondary N) is 1. The first-order valence-corrected chi connectivity index (χ1v) is 9.90. The standard InChI is InChI=1S/C17H21N5O5S/c1-3-21(4-2)13-6-5-12(17(23)9-13)11-19-20-15-8-7-14(28(18,26)27)10-16(15)22(24)25/h5-11,20,23H,3-4H2,1-2H3,(H2,18,26,27). The Hall–Kier alpha value is -3.18. The number of nitrogens with zero attached hydrogens (tertiary/aromatic N) is 3. The van der Waals surface area contributed by atoms with Gasteiger partial charge in [-0.05, 0) is 38.1 Å². The third-order valence-electron chi connectivity index (χ3n) is 4.03. The molecule has 150 valence electrons. The van der Waals surface area contributed by atoms with Crippen molar-refractivity contribution in [1.29, 1.82) is 0 Å². The minimum atomic E-state index is -4.07. The van der Waals surface area contributed by atoms with E-state index in [9.17, 15) is 23.6 Å². The lowest BCUT2D eigenvalue weighted by atomic mass is 10.2. The molecule has 2 rings (SSSR count). The van der Waals surface area contributed by atoms with Gasteiger partial charge in [-0.1, -0.05) is 0 Å². The molecule has 0 radical (unpaired) electrons. The molecule has 0 atom stereocenters. The molecule has 28 heavy (non-hydrogen) atoms. The summed E-state index contributed by atoms with van der Waals surface area (Å²) in [6.07, 6.45) is 1.30. The van der Waals surface area contributed by atoms with E-state index in [2.05, 4.69) is 15.4 Å². The van der Waals surface area contributed by atoms with Gasteiger partial charge in [-0.3, -0.25) is 15.5 Å². The SMILES string of the molecule is CCN(CC)c1ccc(C=NNc2ccc(S(N)(=O)=O)cc2[N+](=O)[O-])c(O)c1. The zero-order chi connectivity index (χ0) is 20.9. The first kappa shape index (κ1) is 21.1. The second-order valence-electron chi connectivity index (χ2n) is 5.77. The number of phenolic OH excluding ortho intramolecular Hbond substituents is 1. The third kappa shape index (κ3) is 4.96. The molecular weight excluding hydrogens is 386 g/mol. The summed E-state index contributed by atoms with van der Waals surface area (Å²) in [4.78, 5) is 12.1. The summed E-state index contributed by atoms with van der Waals surface area (Å²) in [5.74, 6) is 0.00835. The zero-order valence-electron chi connectivity index (χ0n) is 15.4. The molecule has 0 amide bonds. The van der Waals surface area contributed by atoms with Crippen LogP contribution in [-0.2, 0) is 10.0 Å². The van der Waals surface area contributed by atoms with Gasteiger partial charge in [0.25, 0.3) is 5.69 Å². The summed E-state index contributed by atoms with van der Waals surface area (Å²) < 4.78 is 22.7. The van der Waals surface area contributed by atoms with E-state index in [0.29, 0.717) is 5.56 Å². The van der Waals surface area contributed by atoms with E-state index in [1.807, 2.05) is 19.9 Å². The highest BCUT2D eigenvalue weighted by Crippen LogP contribution is 2.27. The number of nitrogens with two attached hydrogens (primary N) is 1. The van der Waals surface area contributed by atoms with Gasteiger partial charge in [0.05, 0.1) is 16.0 Å². The Morgan fingerprint density at radius 3 is 2.46 bits per heavy atom. The van der Waals surface area contributed by atoms with Crippen molar-refractivity contribution in [1.82, 2.24) is 0 Å². The van der Waals surface area contributed by atoms with Gasteiger partial charge in [-0.2, -0.15) is 5.10 Å². The third-order valence-corrected chi connectivity index (χ3v) is 4.94. The van der Waals surface area contributed by atoms with Crippen LogP contribution in [0, 0.1) is 10.1 Å². The minimum absolute atomic E-state index is 0.00835. The molecule has 0 heterocycles. The predicted molar refractivity (Wildman–Crippen MR) is 107 cm³/mol. The minimum Gasteiger partial charge on any atom is -0.507 e. The van der Waals surface area contributed by atoms with E-state index in [-0.39, 0.29) is 16.3 Å². The van der Waals surface area contributed by atoms with E-state index >= 15 is 0 Å². The molecule has 4 N–H and O–H groups in total. The number of rotatable bonds is 8. The summed E-state index contributed by atoms with van der Waals surface area (Å²) in [5.41, 5.74) is 3.24. The average Bonchev–Trinajstić information content (AvgIpc) is 2.63. The highest BCUT2D eigenvalue weighted by molar-refractivity contribution is 7.89. The molecule has 0 saturated heterocycles. The Bertz CT molecular complexity index is 1000. The van der Waals surface area contributed by atoms with Crippen molar-refractivity contribution in [3.63, 3.8) is 0 Å². The number of benzene rings is 2. The maximum Gasteiger partial charge on any atom is 0.295 e. The molecule has 0 aliphatic heterocycles. The molecule has 0 saturated carbocycles. The second kappa shape index (κ2) is 8.67. The second-order valence-corrected chi connectivity index (χ2v) is 7.33. The van der Waals surface area contributed by atoms with Crippen LogP contribution in [-0.4, -0.2) is 37.8 Å². The van der Waals surface area contributed by atoms with Gasteiger partial charge in [0.1, 0.15) is 11.4 Å². The molecular formula is C17H21N5O5S. The monoisotopic (exact) mass is 407 g/mol. The van der Waals surface area contributed by atoms with Crippen LogP contribution in [0.3, 0.4) is 0 Å². The van der Waals surface area contributed by atoms with Crippen molar-refractivity contribution in [2.24, 2.45) is 10.2 Å². The molecule has 2 aromatic rings. The lowest BCUT2D eigenvalue weighted by Crippen LogP contribution is -2.21.